The number of aromatic nitrogens is 1. The molecular formula is C29H28F2N2O6. The van der Waals surface area contributed by atoms with Crippen LogP contribution in [0.4, 0.5) is 8.78 Å². The molecule has 3 atom stereocenters. The molecule has 204 valence electrons. The van der Waals surface area contributed by atoms with Crippen LogP contribution >= 0.6 is 0 Å². The fourth-order valence-corrected chi connectivity index (χ4v) is 4.41. The number of rotatable bonds is 8. The second-order valence-electron chi connectivity index (χ2n) is 9.51. The van der Waals surface area contributed by atoms with Gasteiger partial charge in [-0.1, -0.05) is 32.0 Å². The van der Waals surface area contributed by atoms with E-state index in [0.717, 1.165) is 5.56 Å². The van der Waals surface area contributed by atoms with Crippen LogP contribution in [0.3, 0.4) is 0 Å². The van der Waals surface area contributed by atoms with E-state index in [1.807, 2.05) is 0 Å². The molecule has 0 bridgehead atoms. The van der Waals surface area contributed by atoms with E-state index in [9.17, 15) is 23.2 Å². The number of fused-ring (bicyclic) bond motifs is 1. The van der Waals surface area contributed by atoms with Gasteiger partial charge in [0.25, 0.3) is 5.91 Å². The van der Waals surface area contributed by atoms with Crippen LogP contribution in [-0.2, 0) is 20.7 Å². The first-order chi connectivity index (χ1) is 18.6. The van der Waals surface area contributed by atoms with E-state index >= 15 is 0 Å². The van der Waals surface area contributed by atoms with Gasteiger partial charge in [0.15, 0.2) is 11.4 Å². The van der Waals surface area contributed by atoms with E-state index < -0.39 is 53.5 Å². The number of halogens is 2. The number of methoxy groups -OCH3 is 1. The molecule has 3 aromatic rings. The molecular weight excluding hydrogens is 510 g/mol. The normalized spacial score (nSPS) is 16.8. The van der Waals surface area contributed by atoms with Gasteiger partial charge in [0.1, 0.15) is 23.8 Å². The van der Waals surface area contributed by atoms with Crippen LogP contribution in [0.1, 0.15) is 53.9 Å². The van der Waals surface area contributed by atoms with Crippen molar-refractivity contribution >= 4 is 17.8 Å². The van der Waals surface area contributed by atoms with Gasteiger partial charge in [-0.25, -0.2) is 18.6 Å². The molecule has 0 spiro atoms. The van der Waals surface area contributed by atoms with Crippen LogP contribution in [0, 0.1) is 17.6 Å². The quantitative estimate of drug-likeness (QED) is 0.426. The van der Waals surface area contributed by atoms with Gasteiger partial charge < -0.3 is 19.5 Å². The minimum atomic E-state index is -1.12. The number of nitrogens with zero attached hydrogens (tertiary/aromatic N) is 1. The smallest absolute Gasteiger partial charge is 0.328 e. The Morgan fingerprint density at radius 3 is 2.33 bits per heavy atom. The third-order valence-electron chi connectivity index (χ3n) is 6.41. The highest BCUT2D eigenvalue weighted by atomic mass is 19.1. The predicted molar refractivity (Wildman–Crippen MR) is 136 cm³/mol. The molecule has 1 heterocycles. The molecule has 0 saturated carbocycles. The zero-order valence-electron chi connectivity index (χ0n) is 21.9. The van der Waals surface area contributed by atoms with Crippen LogP contribution in [0.5, 0.6) is 11.5 Å². The summed E-state index contributed by atoms with van der Waals surface area (Å²) in [5, 5.41) is 2.52. The van der Waals surface area contributed by atoms with Crippen LogP contribution in [0.2, 0.25) is 0 Å². The summed E-state index contributed by atoms with van der Waals surface area (Å²) < 4.78 is 43.9. The van der Waals surface area contributed by atoms with E-state index in [2.05, 4.69) is 10.3 Å². The second kappa shape index (κ2) is 11.6. The molecule has 10 heteroatoms. The number of carbonyl (C=O) groups excluding carboxylic acids is 3. The maximum absolute atomic E-state index is 13.9. The molecule has 1 aliphatic carbocycles. The number of hydrogen-bond acceptors (Lipinski definition) is 7. The highest BCUT2D eigenvalue weighted by Crippen LogP contribution is 2.40. The van der Waals surface area contributed by atoms with Gasteiger partial charge in [-0.15, -0.1) is 0 Å². The van der Waals surface area contributed by atoms with E-state index in [0.29, 0.717) is 11.1 Å². The fourth-order valence-electron chi connectivity index (χ4n) is 4.41. The minimum Gasteiger partial charge on any atom is -0.493 e. The standard InChI is InChI=1S/C29H28F2N2O6/c1-15(2)28(35)39-26-22(37-4)11-12-32-25(26)27(34)33-16(3)29(36)38-23-14-18-13-20(31)9-10-21(18)24(23)17-5-7-19(30)8-6-17/h5-13,15-16,23-24H,14H2,1-4H3,(H,33,34)/t16-,23?,24?/m0/s1. The Labute approximate surface area is 224 Å². The molecule has 8 nitrogen and oxygen atoms in total. The van der Waals surface area contributed by atoms with Gasteiger partial charge in [0.2, 0.25) is 5.75 Å². The topological polar surface area (TPSA) is 104 Å². The Kier molecular flexibility index (Phi) is 8.23. The first-order valence-corrected chi connectivity index (χ1v) is 12.4. The highest BCUT2D eigenvalue weighted by molar-refractivity contribution is 5.98. The summed E-state index contributed by atoms with van der Waals surface area (Å²) >= 11 is 0. The summed E-state index contributed by atoms with van der Waals surface area (Å²) in [6, 6.07) is 10.5. The number of carbonyl (C=O) groups is 3. The van der Waals surface area contributed by atoms with Crippen molar-refractivity contribution < 1.29 is 37.4 Å². The van der Waals surface area contributed by atoms with E-state index in [-0.39, 0.29) is 23.6 Å². The molecule has 39 heavy (non-hydrogen) atoms. The van der Waals surface area contributed by atoms with Crippen LogP contribution < -0.4 is 14.8 Å². The largest absolute Gasteiger partial charge is 0.493 e. The van der Waals surface area contributed by atoms with Crippen LogP contribution in [0.25, 0.3) is 0 Å². The monoisotopic (exact) mass is 538 g/mol. The molecule has 1 N–H and O–H groups in total. The summed E-state index contributed by atoms with van der Waals surface area (Å²) in [4.78, 5) is 42.4. The van der Waals surface area contributed by atoms with Crippen molar-refractivity contribution in [3.05, 3.63) is 88.7 Å². The number of nitrogens with one attached hydrogen (secondary N) is 1. The minimum absolute atomic E-state index is 0.123. The second-order valence-corrected chi connectivity index (χ2v) is 9.51. The predicted octanol–water partition coefficient (Wildman–Crippen LogP) is 4.35. The third-order valence-corrected chi connectivity index (χ3v) is 6.41. The average Bonchev–Trinajstić information content (AvgIpc) is 3.25. The van der Waals surface area contributed by atoms with E-state index in [1.54, 1.807) is 32.0 Å². The zero-order chi connectivity index (χ0) is 28.3. The summed E-state index contributed by atoms with van der Waals surface area (Å²) in [5.74, 6) is -3.91. The Bertz CT molecular complexity index is 1390. The molecule has 0 fully saturated rings. The molecule has 1 amide bonds. The van der Waals surface area contributed by atoms with E-state index in [4.69, 9.17) is 14.2 Å². The maximum atomic E-state index is 13.9. The Balaban J connectivity index is 1.52. The number of esters is 2. The first kappa shape index (κ1) is 27.7. The van der Waals surface area contributed by atoms with Crippen molar-refractivity contribution in [3.8, 4) is 11.5 Å². The lowest BCUT2D eigenvalue weighted by Crippen LogP contribution is -2.42. The first-order valence-electron chi connectivity index (χ1n) is 12.4. The molecule has 2 aromatic carbocycles. The molecule has 1 aliphatic rings. The number of hydrogen-bond donors (Lipinski definition) is 1. The van der Waals surface area contributed by atoms with Gasteiger partial charge in [0.05, 0.1) is 13.0 Å². The summed E-state index contributed by atoms with van der Waals surface area (Å²) in [6.07, 6.45) is 0.844. The third kappa shape index (κ3) is 6.05. The van der Waals surface area contributed by atoms with Gasteiger partial charge >= 0.3 is 11.9 Å². The Morgan fingerprint density at radius 2 is 1.67 bits per heavy atom. The molecule has 0 aliphatic heterocycles. The van der Waals surface area contributed by atoms with Gasteiger partial charge in [-0.3, -0.25) is 9.59 Å². The molecule has 1 aromatic heterocycles. The molecule has 4 rings (SSSR count). The van der Waals surface area contributed by atoms with Crippen molar-refractivity contribution in [2.24, 2.45) is 5.92 Å². The fraction of sp³-hybridized carbons (Fsp3) is 0.310. The van der Waals surface area contributed by atoms with Gasteiger partial charge in [0, 0.05) is 24.6 Å². The highest BCUT2D eigenvalue weighted by Gasteiger charge is 2.38. The van der Waals surface area contributed by atoms with Crippen molar-refractivity contribution in [2.45, 2.75) is 45.3 Å². The van der Waals surface area contributed by atoms with Crippen molar-refractivity contribution in [2.75, 3.05) is 7.11 Å². The van der Waals surface area contributed by atoms with Crippen LogP contribution in [0.15, 0.2) is 54.7 Å². The SMILES string of the molecule is COc1ccnc(C(=O)N[C@@H](C)C(=O)OC2Cc3cc(F)ccc3C2c2ccc(F)cc2)c1OC(=O)C(C)C. The van der Waals surface area contributed by atoms with Crippen molar-refractivity contribution in [1.82, 2.24) is 10.3 Å². The summed E-state index contributed by atoms with van der Waals surface area (Å²) in [6.45, 7) is 4.71. The lowest BCUT2D eigenvalue weighted by atomic mass is 9.91. The van der Waals surface area contributed by atoms with Gasteiger partial charge in [-0.2, -0.15) is 0 Å². The number of pyridine rings is 1. The number of amides is 1. The zero-order valence-corrected chi connectivity index (χ0v) is 21.9. The average molecular weight is 539 g/mol. The molecule has 0 saturated heterocycles. The van der Waals surface area contributed by atoms with Crippen molar-refractivity contribution in [3.63, 3.8) is 0 Å². The molecule has 2 unspecified atom stereocenters. The summed E-state index contributed by atoms with van der Waals surface area (Å²) in [5.41, 5.74) is 1.91. The van der Waals surface area contributed by atoms with Crippen molar-refractivity contribution in [1.29, 1.82) is 0 Å². The number of benzene rings is 2. The van der Waals surface area contributed by atoms with Gasteiger partial charge in [-0.05, 0) is 47.9 Å². The van der Waals surface area contributed by atoms with E-state index in [1.165, 1.54) is 50.6 Å². The Hall–Kier alpha value is -4.34. The lowest BCUT2D eigenvalue weighted by molar-refractivity contribution is -0.151. The number of ether oxygens (including phenoxy) is 3. The Morgan fingerprint density at radius 1 is 0.974 bits per heavy atom. The maximum Gasteiger partial charge on any atom is 0.328 e. The van der Waals surface area contributed by atoms with Crippen LogP contribution in [-0.4, -0.2) is 42.1 Å². The molecule has 0 radical (unpaired) electrons. The lowest BCUT2D eigenvalue weighted by Gasteiger charge is -2.23. The summed E-state index contributed by atoms with van der Waals surface area (Å²) in [7, 11) is 1.35.